The number of nitrogens with one attached hydrogen (secondary N) is 1. The first-order chi connectivity index (χ1) is 8.13. The Morgan fingerprint density at radius 1 is 1.59 bits per heavy atom. The fourth-order valence-corrected chi connectivity index (χ4v) is 1.60. The van der Waals surface area contributed by atoms with Gasteiger partial charge in [-0.3, -0.25) is 4.79 Å². The summed E-state index contributed by atoms with van der Waals surface area (Å²) in [4.78, 5) is 21.6. The van der Waals surface area contributed by atoms with Gasteiger partial charge in [0.2, 0.25) is 11.7 Å². The lowest BCUT2D eigenvalue weighted by Crippen LogP contribution is -2.17. The van der Waals surface area contributed by atoms with Crippen LogP contribution in [0.4, 0.5) is 0 Å². The maximum absolute atomic E-state index is 11.4. The molecule has 0 saturated heterocycles. The standard InChI is InChI=1S/C7H6IN7O2/c8-3-6(10-1-11-7(3)16)15-2-12-5(13-15)4(9)14-17/h1-2,17H,(H2,9,14)(H,10,11,16). The van der Waals surface area contributed by atoms with E-state index in [0.717, 1.165) is 0 Å². The zero-order valence-corrected chi connectivity index (χ0v) is 10.4. The van der Waals surface area contributed by atoms with Gasteiger partial charge in [-0.1, -0.05) is 5.16 Å². The van der Waals surface area contributed by atoms with Crippen molar-refractivity contribution in [1.82, 2.24) is 24.7 Å². The predicted molar refractivity (Wildman–Crippen MR) is 65.0 cm³/mol. The van der Waals surface area contributed by atoms with Crippen molar-refractivity contribution in [2.45, 2.75) is 0 Å². The summed E-state index contributed by atoms with van der Waals surface area (Å²) in [6.07, 6.45) is 2.57. The maximum atomic E-state index is 11.4. The van der Waals surface area contributed by atoms with E-state index in [1.165, 1.54) is 17.3 Å². The fourth-order valence-electron chi connectivity index (χ4n) is 1.06. The molecule has 2 aromatic rings. The second kappa shape index (κ2) is 4.48. The molecule has 0 aliphatic rings. The Morgan fingerprint density at radius 3 is 3.06 bits per heavy atom. The van der Waals surface area contributed by atoms with Gasteiger partial charge in [-0.25, -0.2) is 14.6 Å². The van der Waals surface area contributed by atoms with E-state index >= 15 is 0 Å². The third kappa shape index (κ3) is 2.11. The quantitative estimate of drug-likeness (QED) is 0.211. The summed E-state index contributed by atoms with van der Waals surface area (Å²) < 4.78 is 1.63. The van der Waals surface area contributed by atoms with Crippen molar-refractivity contribution < 1.29 is 5.21 Å². The van der Waals surface area contributed by atoms with Crippen LogP contribution in [0.1, 0.15) is 5.82 Å². The van der Waals surface area contributed by atoms with Crippen LogP contribution in [0.5, 0.6) is 0 Å². The van der Waals surface area contributed by atoms with Gasteiger partial charge in [0.1, 0.15) is 9.90 Å². The summed E-state index contributed by atoms with van der Waals surface area (Å²) in [6, 6.07) is 0. The van der Waals surface area contributed by atoms with E-state index in [4.69, 9.17) is 10.9 Å². The molecule has 9 nitrogen and oxygen atoms in total. The number of H-pyrrole nitrogens is 1. The number of nitrogens with two attached hydrogens (primary N) is 1. The Bertz CT molecular complexity index is 631. The summed E-state index contributed by atoms with van der Waals surface area (Å²) in [5.41, 5.74) is 5.04. The molecule has 2 aromatic heterocycles. The van der Waals surface area contributed by atoms with Crippen LogP contribution in [-0.2, 0) is 0 Å². The highest BCUT2D eigenvalue weighted by Crippen LogP contribution is 2.07. The highest BCUT2D eigenvalue weighted by molar-refractivity contribution is 14.1. The molecule has 0 spiro atoms. The molecule has 0 fully saturated rings. The molecule has 0 aliphatic heterocycles. The van der Waals surface area contributed by atoms with Gasteiger partial charge in [-0.05, 0) is 22.6 Å². The average molecular weight is 347 g/mol. The molecule has 0 radical (unpaired) electrons. The minimum Gasteiger partial charge on any atom is -0.409 e. The fraction of sp³-hybridized carbons (Fsp3) is 0. The molecule has 2 rings (SSSR count). The van der Waals surface area contributed by atoms with Crippen LogP contribution in [0, 0.1) is 3.57 Å². The number of rotatable bonds is 2. The van der Waals surface area contributed by atoms with Gasteiger partial charge in [-0.15, -0.1) is 5.10 Å². The molecule has 0 saturated carbocycles. The van der Waals surface area contributed by atoms with E-state index < -0.39 is 0 Å². The summed E-state index contributed by atoms with van der Waals surface area (Å²) in [7, 11) is 0. The SMILES string of the molecule is NC(=NO)c1ncn(-c2nc[nH]c(=O)c2I)n1. The first kappa shape index (κ1) is 11.5. The Hall–Kier alpha value is -1.98. The topological polar surface area (TPSA) is 135 Å². The largest absolute Gasteiger partial charge is 0.409 e. The number of hydrogen-bond acceptors (Lipinski definition) is 6. The smallest absolute Gasteiger partial charge is 0.266 e. The van der Waals surface area contributed by atoms with Crippen molar-refractivity contribution in [3.63, 3.8) is 0 Å². The summed E-state index contributed by atoms with van der Waals surface area (Å²) in [5, 5.41) is 15.2. The number of oxime groups is 1. The van der Waals surface area contributed by atoms with E-state index in [1.54, 1.807) is 0 Å². The van der Waals surface area contributed by atoms with Gasteiger partial charge in [-0.2, -0.15) is 0 Å². The molecule has 0 aliphatic carbocycles. The van der Waals surface area contributed by atoms with Crippen LogP contribution in [-0.4, -0.2) is 35.8 Å². The molecule has 17 heavy (non-hydrogen) atoms. The number of nitrogens with zero attached hydrogens (tertiary/aromatic N) is 5. The number of aromatic nitrogens is 5. The van der Waals surface area contributed by atoms with Gasteiger partial charge in [0, 0.05) is 0 Å². The highest BCUT2D eigenvalue weighted by Gasteiger charge is 2.11. The molecular weight excluding hydrogens is 341 g/mol. The normalized spacial score (nSPS) is 11.7. The van der Waals surface area contributed by atoms with E-state index in [0.29, 0.717) is 9.39 Å². The van der Waals surface area contributed by atoms with Crippen molar-refractivity contribution in [3.05, 3.63) is 32.4 Å². The van der Waals surface area contributed by atoms with E-state index in [1.807, 2.05) is 22.6 Å². The average Bonchev–Trinajstić information content (AvgIpc) is 2.81. The van der Waals surface area contributed by atoms with Crippen LogP contribution in [0.15, 0.2) is 22.6 Å². The third-order valence-electron chi connectivity index (χ3n) is 1.82. The molecule has 0 atom stereocenters. The lowest BCUT2D eigenvalue weighted by atomic mass is 10.6. The number of halogens is 1. The molecule has 0 unspecified atom stereocenters. The Balaban J connectivity index is 2.51. The zero-order chi connectivity index (χ0) is 12.4. The van der Waals surface area contributed by atoms with Crippen LogP contribution >= 0.6 is 22.6 Å². The minimum atomic E-state index is -0.281. The molecular formula is C7H6IN7O2. The third-order valence-corrected chi connectivity index (χ3v) is 2.80. The second-order valence-electron chi connectivity index (χ2n) is 2.87. The number of aromatic amines is 1. The monoisotopic (exact) mass is 347 g/mol. The molecule has 4 N–H and O–H groups in total. The Labute approximate surface area is 108 Å². The van der Waals surface area contributed by atoms with Gasteiger partial charge < -0.3 is 15.9 Å². The van der Waals surface area contributed by atoms with Crippen LogP contribution in [0.2, 0.25) is 0 Å². The van der Waals surface area contributed by atoms with Gasteiger partial charge >= 0.3 is 0 Å². The summed E-state index contributed by atoms with van der Waals surface area (Å²) >= 11 is 1.84. The molecule has 0 amide bonds. The summed E-state index contributed by atoms with van der Waals surface area (Å²) in [6.45, 7) is 0. The van der Waals surface area contributed by atoms with E-state index in [9.17, 15) is 4.79 Å². The van der Waals surface area contributed by atoms with Gasteiger partial charge in [0.15, 0.2) is 5.82 Å². The van der Waals surface area contributed by atoms with E-state index in [-0.39, 0.29) is 17.2 Å². The van der Waals surface area contributed by atoms with Gasteiger partial charge in [0.05, 0.1) is 6.33 Å². The molecule has 88 valence electrons. The Kier molecular flexibility index (Phi) is 3.03. The highest BCUT2D eigenvalue weighted by atomic mass is 127. The Morgan fingerprint density at radius 2 is 2.35 bits per heavy atom. The lowest BCUT2D eigenvalue weighted by Gasteiger charge is -1.99. The van der Waals surface area contributed by atoms with Crippen molar-refractivity contribution in [2.75, 3.05) is 0 Å². The summed E-state index contributed by atoms with van der Waals surface area (Å²) in [5.74, 6) is 0.146. The molecule has 0 aromatic carbocycles. The molecule has 2 heterocycles. The molecule has 10 heteroatoms. The first-order valence-corrected chi connectivity index (χ1v) is 5.34. The first-order valence-electron chi connectivity index (χ1n) is 4.26. The predicted octanol–water partition coefficient (Wildman–Crippen LogP) is -0.950. The van der Waals surface area contributed by atoms with Crippen LogP contribution < -0.4 is 11.3 Å². The zero-order valence-electron chi connectivity index (χ0n) is 8.20. The lowest BCUT2D eigenvalue weighted by molar-refractivity contribution is 0.318. The molecule has 0 bridgehead atoms. The van der Waals surface area contributed by atoms with Crippen molar-refractivity contribution in [1.29, 1.82) is 0 Å². The second-order valence-corrected chi connectivity index (χ2v) is 3.95. The van der Waals surface area contributed by atoms with Crippen molar-refractivity contribution >= 4 is 28.4 Å². The van der Waals surface area contributed by atoms with Crippen molar-refractivity contribution in [3.8, 4) is 5.82 Å². The van der Waals surface area contributed by atoms with Crippen LogP contribution in [0.3, 0.4) is 0 Å². The minimum absolute atomic E-state index is 0.0466. The number of amidine groups is 1. The van der Waals surface area contributed by atoms with Crippen LogP contribution in [0.25, 0.3) is 5.82 Å². The van der Waals surface area contributed by atoms with Crippen molar-refractivity contribution in [2.24, 2.45) is 10.9 Å². The maximum Gasteiger partial charge on any atom is 0.266 e. The number of hydrogen-bond donors (Lipinski definition) is 3. The van der Waals surface area contributed by atoms with Gasteiger partial charge in [0.25, 0.3) is 5.56 Å². The van der Waals surface area contributed by atoms with E-state index in [2.05, 4.69) is 25.2 Å².